The van der Waals surface area contributed by atoms with Crippen LogP contribution in [0.15, 0.2) is 59.8 Å². The first-order valence-electron chi connectivity index (χ1n) is 9.07. The van der Waals surface area contributed by atoms with E-state index in [0.29, 0.717) is 29.4 Å². The Labute approximate surface area is 176 Å². The second kappa shape index (κ2) is 8.73. The maximum Gasteiger partial charge on any atom is 0.387 e. The molecule has 1 N–H and O–H groups in total. The van der Waals surface area contributed by atoms with Gasteiger partial charge in [-0.05, 0) is 24.3 Å². The van der Waals surface area contributed by atoms with Crippen LogP contribution in [0.4, 0.5) is 14.5 Å². The number of allylic oxidation sites excluding steroid dienone is 3. The molecule has 1 aromatic heterocycles. The number of rotatable bonds is 5. The number of halogens is 3. The van der Waals surface area contributed by atoms with Crippen molar-refractivity contribution >= 4 is 35.0 Å². The highest BCUT2D eigenvalue weighted by molar-refractivity contribution is 7.99. The van der Waals surface area contributed by atoms with Crippen molar-refractivity contribution in [2.45, 2.75) is 24.5 Å². The zero-order valence-electron chi connectivity index (χ0n) is 15.3. The lowest BCUT2D eigenvalue weighted by molar-refractivity contribution is -0.130. The number of hydrazine groups is 1. The van der Waals surface area contributed by atoms with Gasteiger partial charge < -0.3 is 9.64 Å². The molecule has 0 bridgehead atoms. The van der Waals surface area contributed by atoms with Crippen molar-refractivity contribution in [3.05, 3.63) is 59.8 Å². The van der Waals surface area contributed by atoms with E-state index in [4.69, 9.17) is 11.6 Å². The van der Waals surface area contributed by atoms with Gasteiger partial charge in [0.1, 0.15) is 11.8 Å². The second-order valence-electron chi connectivity index (χ2n) is 6.68. The van der Waals surface area contributed by atoms with Crippen molar-refractivity contribution in [2.24, 2.45) is 0 Å². The maximum absolute atomic E-state index is 12.9. The summed E-state index contributed by atoms with van der Waals surface area (Å²) in [5, 5.41) is 1.24. The lowest BCUT2D eigenvalue weighted by Crippen LogP contribution is -2.47. The molecule has 0 radical (unpaired) electrons. The number of hydrogen-bond donors (Lipinski definition) is 1. The van der Waals surface area contributed by atoms with E-state index in [2.05, 4.69) is 15.1 Å². The number of hydrogen-bond acceptors (Lipinski definition) is 6. The van der Waals surface area contributed by atoms with Crippen molar-refractivity contribution in [2.75, 3.05) is 23.2 Å². The van der Waals surface area contributed by atoms with Gasteiger partial charge in [0.2, 0.25) is 5.91 Å². The van der Waals surface area contributed by atoms with Gasteiger partial charge in [0.25, 0.3) is 0 Å². The van der Waals surface area contributed by atoms with E-state index in [9.17, 15) is 13.6 Å². The third-order valence-electron chi connectivity index (χ3n) is 4.68. The molecule has 3 heterocycles. The normalized spacial score (nSPS) is 24.5. The summed E-state index contributed by atoms with van der Waals surface area (Å²) in [7, 11) is 0. The molecular weight excluding hydrogens is 422 g/mol. The zero-order valence-corrected chi connectivity index (χ0v) is 16.9. The van der Waals surface area contributed by atoms with Crippen LogP contribution in [-0.2, 0) is 9.53 Å². The second-order valence-corrected chi connectivity index (χ2v) is 8.31. The maximum atomic E-state index is 12.9. The monoisotopic (exact) mass is 440 g/mol. The molecule has 1 amide bonds. The average Bonchev–Trinajstić information content (AvgIpc) is 3.37. The van der Waals surface area contributed by atoms with Gasteiger partial charge in [-0.1, -0.05) is 6.08 Å². The van der Waals surface area contributed by atoms with E-state index in [-0.39, 0.29) is 18.1 Å². The highest BCUT2D eigenvalue weighted by Crippen LogP contribution is 2.33. The minimum absolute atomic E-state index is 0.0363. The predicted molar refractivity (Wildman–Crippen MR) is 108 cm³/mol. The molecule has 1 aliphatic carbocycles. The molecule has 6 nitrogen and oxygen atoms in total. The molecule has 29 heavy (non-hydrogen) atoms. The fourth-order valence-electron chi connectivity index (χ4n) is 3.40. The summed E-state index contributed by atoms with van der Waals surface area (Å²) in [6, 6.07) is 3.05. The number of carbonyl (C=O) groups is 1. The first-order valence-corrected chi connectivity index (χ1v) is 10.7. The van der Waals surface area contributed by atoms with Gasteiger partial charge in [-0.3, -0.25) is 14.8 Å². The Bertz CT molecular complexity index is 859. The standard InChI is InChI=1S/C19H19ClF2N4O2S/c20-13-6-12(7-15(8-13)28-19(21)22)17-9-16(18(27)25-4-5-29-11-25)24-26(17)14-2-1-3-23-10-14/h1-3,6-7,9-10,13,16,19,24H,4-5,8,11H2. The first-order chi connectivity index (χ1) is 14.0. The van der Waals surface area contributed by atoms with Crippen LogP contribution in [0.1, 0.15) is 6.42 Å². The topological polar surface area (TPSA) is 57.7 Å². The van der Waals surface area contributed by atoms with Crippen LogP contribution in [0.2, 0.25) is 0 Å². The molecule has 2 atom stereocenters. The number of aromatic nitrogens is 1. The third-order valence-corrected chi connectivity index (χ3v) is 5.92. The van der Waals surface area contributed by atoms with Gasteiger partial charge in [0, 0.05) is 30.5 Å². The molecule has 0 aromatic carbocycles. The van der Waals surface area contributed by atoms with Crippen LogP contribution in [0.5, 0.6) is 0 Å². The lowest BCUT2D eigenvalue weighted by Gasteiger charge is -2.27. The van der Waals surface area contributed by atoms with E-state index >= 15 is 0 Å². The molecule has 10 heteroatoms. The summed E-state index contributed by atoms with van der Waals surface area (Å²) >= 11 is 7.97. The Morgan fingerprint density at radius 3 is 2.97 bits per heavy atom. The minimum Gasteiger partial charge on any atom is -0.439 e. The number of amides is 1. The first kappa shape index (κ1) is 20.2. The molecule has 154 valence electrons. The van der Waals surface area contributed by atoms with Crippen LogP contribution < -0.4 is 10.4 Å². The van der Waals surface area contributed by atoms with E-state index in [1.165, 1.54) is 0 Å². The quantitative estimate of drug-likeness (QED) is 0.709. The summed E-state index contributed by atoms with van der Waals surface area (Å²) in [5.41, 5.74) is 5.16. The fraction of sp³-hybridized carbons (Fsp3) is 0.368. The summed E-state index contributed by atoms with van der Waals surface area (Å²) in [4.78, 5) is 18.8. The highest BCUT2D eigenvalue weighted by Gasteiger charge is 2.35. The molecule has 1 saturated heterocycles. The van der Waals surface area contributed by atoms with Crippen LogP contribution in [0.25, 0.3) is 0 Å². The average molecular weight is 441 g/mol. The minimum atomic E-state index is -2.92. The molecule has 0 saturated carbocycles. The number of alkyl halides is 3. The number of nitrogens with zero attached hydrogens (tertiary/aromatic N) is 3. The molecule has 1 aromatic rings. The van der Waals surface area contributed by atoms with Crippen LogP contribution in [0.3, 0.4) is 0 Å². The lowest BCUT2D eigenvalue weighted by atomic mass is 10.0. The number of ether oxygens (including phenoxy) is 1. The summed E-state index contributed by atoms with van der Waals surface area (Å²) in [6.07, 6.45) is 8.58. The number of thioether (sulfide) groups is 1. The summed E-state index contributed by atoms with van der Waals surface area (Å²) < 4.78 is 30.0. The van der Waals surface area contributed by atoms with Crippen molar-refractivity contribution in [3.63, 3.8) is 0 Å². The van der Waals surface area contributed by atoms with E-state index in [0.717, 1.165) is 5.75 Å². The van der Waals surface area contributed by atoms with Crippen LogP contribution >= 0.6 is 23.4 Å². The number of anilines is 1. The number of nitrogens with one attached hydrogen (secondary N) is 1. The largest absolute Gasteiger partial charge is 0.439 e. The predicted octanol–water partition coefficient (Wildman–Crippen LogP) is 3.25. The van der Waals surface area contributed by atoms with Gasteiger partial charge in [-0.25, -0.2) is 5.43 Å². The van der Waals surface area contributed by atoms with Gasteiger partial charge in [0.15, 0.2) is 0 Å². The Hall–Kier alpha value is -2.10. The van der Waals surface area contributed by atoms with Gasteiger partial charge in [0.05, 0.1) is 28.8 Å². The van der Waals surface area contributed by atoms with Gasteiger partial charge >= 0.3 is 6.61 Å². The fourth-order valence-corrected chi connectivity index (χ4v) is 4.64. The molecule has 1 fully saturated rings. The molecule has 3 aliphatic rings. The molecule has 0 spiro atoms. The van der Waals surface area contributed by atoms with Crippen LogP contribution in [0, 0.1) is 0 Å². The Morgan fingerprint density at radius 1 is 1.41 bits per heavy atom. The Kier molecular flexibility index (Phi) is 6.07. The van der Waals surface area contributed by atoms with Crippen molar-refractivity contribution in [1.29, 1.82) is 0 Å². The summed E-state index contributed by atoms with van der Waals surface area (Å²) in [5.74, 6) is 1.64. The van der Waals surface area contributed by atoms with Crippen molar-refractivity contribution < 1.29 is 18.3 Å². The molecule has 2 aliphatic heterocycles. The third kappa shape index (κ3) is 4.57. The van der Waals surface area contributed by atoms with E-state index in [1.807, 2.05) is 6.07 Å². The Balaban J connectivity index is 1.67. The van der Waals surface area contributed by atoms with Gasteiger partial charge in [-0.15, -0.1) is 23.4 Å². The van der Waals surface area contributed by atoms with Crippen LogP contribution in [-0.4, -0.2) is 52.0 Å². The highest BCUT2D eigenvalue weighted by atomic mass is 35.5. The molecule has 4 rings (SSSR count). The van der Waals surface area contributed by atoms with Crippen molar-refractivity contribution in [3.8, 4) is 0 Å². The van der Waals surface area contributed by atoms with Crippen molar-refractivity contribution in [1.82, 2.24) is 15.3 Å². The SMILES string of the molecule is O=C(C1C=C(C2=CC(Cl)CC(OC(F)F)=C2)N(c2cccnc2)N1)N1CCSC1. The number of carbonyl (C=O) groups excluding carboxylic acids is 1. The summed E-state index contributed by atoms with van der Waals surface area (Å²) in [6.45, 7) is -2.22. The zero-order chi connectivity index (χ0) is 20.4. The van der Waals surface area contributed by atoms with Gasteiger partial charge in [-0.2, -0.15) is 8.78 Å². The number of pyridine rings is 1. The van der Waals surface area contributed by atoms with E-state index in [1.54, 1.807) is 58.4 Å². The molecular formula is C19H19ClF2N4O2S. The Morgan fingerprint density at radius 2 is 2.28 bits per heavy atom. The van der Waals surface area contributed by atoms with E-state index < -0.39 is 18.0 Å². The molecule has 2 unspecified atom stereocenters. The smallest absolute Gasteiger partial charge is 0.387 e.